The van der Waals surface area contributed by atoms with Crippen LogP contribution in [0.4, 0.5) is 10.5 Å². The van der Waals surface area contributed by atoms with E-state index in [1.165, 1.54) is 12.0 Å². The normalized spacial score (nSPS) is 14.8. The lowest BCUT2D eigenvalue weighted by atomic mass is 10.2. The van der Waals surface area contributed by atoms with Gasteiger partial charge in [-0.3, -0.25) is 19.3 Å². The molecule has 0 atom stereocenters. The molecule has 0 N–H and O–H groups in total. The van der Waals surface area contributed by atoms with Gasteiger partial charge in [-0.1, -0.05) is 12.6 Å². The van der Waals surface area contributed by atoms with E-state index in [4.69, 9.17) is 0 Å². The number of benzene rings is 1. The highest BCUT2D eigenvalue weighted by Gasteiger charge is 2.35. The summed E-state index contributed by atoms with van der Waals surface area (Å²) in [6, 6.07) is 7.33. The highest BCUT2D eigenvalue weighted by Crippen LogP contribution is 2.37. The van der Waals surface area contributed by atoms with E-state index in [0.29, 0.717) is 24.0 Å². The van der Waals surface area contributed by atoms with Crippen LogP contribution in [0, 0.1) is 0 Å². The van der Waals surface area contributed by atoms with Crippen molar-refractivity contribution in [3.05, 3.63) is 42.7 Å². The first kappa shape index (κ1) is 15.4. The summed E-state index contributed by atoms with van der Waals surface area (Å²) in [4.78, 5) is 36.3. The summed E-state index contributed by atoms with van der Waals surface area (Å²) in [5.41, 5.74) is 1.65. The first-order valence-corrected chi connectivity index (χ1v) is 7.74. The van der Waals surface area contributed by atoms with E-state index in [0.717, 1.165) is 10.9 Å². The van der Waals surface area contributed by atoms with Crippen molar-refractivity contribution < 1.29 is 19.1 Å². The maximum absolute atomic E-state index is 12.0. The maximum Gasteiger partial charge on any atom is 0.307 e. The minimum atomic E-state index is -0.352. The molecule has 118 valence electrons. The summed E-state index contributed by atoms with van der Waals surface area (Å²) in [7, 11) is 1.35. The lowest BCUT2D eigenvalue weighted by Crippen LogP contribution is -2.20. The number of methoxy groups -OCH3 is 1. The quantitative estimate of drug-likeness (QED) is 0.637. The predicted molar refractivity (Wildman–Crippen MR) is 88.2 cm³/mol. The Balaban J connectivity index is 1.99. The van der Waals surface area contributed by atoms with Crippen molar-refractivity contribution in [1.29, 1.82) is 0 Å². The van der Waals surface area contributed by atoms with E-state index >= 15 is 0 Å². The van der Waals surface area contributed by atoms with Crippen molar-refractivity contribution in [3.8, 4) is 0 Å². The maximum atomic E-state index is 12.0. The minimum absolute atomic E-state index is 0.162. The van der Waals surface area contributed by atoms with Gasteiger partial charge < -0.3 is 9.30 Å². The van der Waals surface area contributed by atoms with Crippen molar-refractivity contribution in [2.75, 3.05) is 12.0 Å². The molecule has 0 unspecified atom stereocenters. The Hall–Kier alpha value is -2.54. The number of carbonyl (C=O) groups excluding carboxylic acids is 3. The highest BCUT2D eigenvalue weighted by molar-refractivity contribution is 8.27. The van der Waals surface area contributed by atoms with Gasteiger partial charge in [0.05, 0.1) is 30.4 Å². The molecule has 0 radical (unpaired) electrons. The van der Waals surface area contributed by atoms with Crippen LogP contribution in [0.1, 0.15) is 6.42 Å². The van der Waals surface area contributed by atoms with Crippen LogP contribution in [-0.4, -0.2) is 28.0 Å². The Labute approximate surface area is 136 Å². The molecule has 0 saturated carbocycles. The van der Waals surface area contributed by atoms with Gasteiger partial charge in [-0.15, -0.1) is 0 Å². The molecule has 1 saturated heterocycles. The number of esters is 1. The van der Waals surface area contributed by atoms with E-state index in [2.05, 4.69) is 11.3 Å². The number of rotatable bonds is 4. The van der Waals surface area contributed by atoms with Crippen molar-refractivity contribution in [3.63, 3.8) is 0 Å². The molecule has 1 amide bonds. The van der Waals surface area contributed by atoms with E-state index in [1.54, 1.807) is 12.1 Å². The van der Waals surface area contributed by atoms with Crippen molar-refractivity contribution >= 4 is 44.7 Å². The molecule has 1 aromatic heterocycles. The largest absolute Gasteiger partial charge is 0.469 e. The average Bonchev–Trinajstić information content (AvgIpc) is 3.06. The molecule has 3 rings (SSSR count). The van der Waals surface area contributed by atoms with Crippen molar-refractivity contribution in [2.24, 2.45) is 0 Å². The number of hydrogen-bond acceptors (Lipinski definition) is 5. The van der Waals surface area contributed by atoms with Gasteiger partial charge in [0, 0.05) is 29.9 Å². The zero-order valence-corrected chi connectivity index (χ0v) is 13.3. The average molecular weight is 330 g/mol. The van der Waals surface area contributed by atoms with Gasteiger partial charge in [-0.05, 0) is 18.2 Å². The van der Waals surface area contributed by atoms with E-state index < -0.39 is 0 Å². The van der Waals surface area contributed by atoms with Crippen LogP contribution in [-0.2, 0) is 20.9 Å². The molecule has 1 aromatic carbocycles. The van der Waals surface area contributed by atoms with Gasteiger partial charge in [0.2, 0.25) is 5.12 Å². The number of aromatic nitrogens is 1. The summed E-state index contributed by atoms with van der Waals surface area (Å²) in [6.07, 6.45) is 2.10. The Morgan fingerprint density at radius 2 is 2.09 bits per heavy atom. The number of fused-ring (bicyclic) bond motifs is 1. The molecule has 1 fully saturated rings. The number of amides is 1. The lowest BCUT2D eigenvalue weighted by Gasteiger charge is -2.16. The molecule has 2 heterocycles. The summed E-state index contributed by atoms with van der Waals surface area (Å²) in [6.45, 7) is 4.17. The van der Waals surface area contributed by atoms with Crippen LogP contribution < -0.4 is 4.90 Å². The Morgan fingerprint density at radius 1 is 1.30 bits per heavy atom. The van der Waals surface area contributed by atoms with E-state index in [9.17, 15) is 14.4 Å². The van der Waals surface area contributed by atoms with Gasteiger partial charge in [0.15, 0.2) is 0 Å². The van der Waals surface area contributed by atoms with E-state index in [-0.39, 0.29) is 28.4 Å². The van der Waals surface area contributed by atoms with Crippen LogP contribution in [0.5, 0.6) is 0 Å². The third-order valence-corrected chi connectivity index (χ3v) is 4.46. The highest BCUT2D eigenvalue weighted by atomic mass is 32.2. The van der Waals surface area contributed by atoms with Crippen molar-refractivity contribution in [1.82, 2.24) is 4.57 Å². The lowest BCUT2D eigenvalue weighted by molar-refractivity contribution is -0.140. The first-order chi connectivity index (χ1) is 11.0. The van der Waals surface area contributed by atoms with Gasteiger partial charge in [0.1, 0.15) is 0 Å². The molecule has 0 bridgehead atoms. The Kier molecular flexibility index (Phi) is 3.96. The molecule has 0 aliphatic carbocycles. The zero-order chi connectivity index (χ0) is 16.6. The number of hydrogen-bond donors (Lipinski definition) is 0. The van der Waals surface area contributed by atoms with Crippen LogP contribution >= 0.6 is 11.8 Å². The summed E-state index contributed by atoms with van der Waals surface area (Å²) in [5, 5.41) is 0.133. The molecule has 1 aliphatic rings. The number of aryl methyl sites for hydroxylation is 1. The van der Waals surface area contributed by atoms with Gasteiger partial charge in [-0.25, -0.2) is 0 Å². The van der Waals surface area contributed by atoms with Crippen LogP contribution in [0.15, 0.2) is 42.7 Å². The monoisotopic (exact) mass is 330 g/mol. The van der Waals surface area contributed by atoms with Gasteiger partial charge >= 0.3 is 5.97 Å². The van der Waals surface area contributed by atoms with Crippen LogP contribution in [0.3, 0.4) is 0 Å². The van der Waals surface area contributed by atoms with Crippen LogP contribution in [0.2, 0.25) is 0 Å². The minimum Gasteiger partial charge on any atom is -0.469 e. The van der Waals surface area contributed by atoms with Crippen LogP contribution in [0.25, 0.3) is 10.9 Å². The van der Waals surface area contributed by atoms with Gasteiger partial charge in [-0.2, -0.15) is 0 Å². The standard InChI is InChI=1S/C16H14N2O4S/c1-10-15(20)23-16(21)18(10)13-5-3-4-12-11(13)6-8-17(12)9-7-14(19)22-2/h3-6,8H,1,7,9H2,2H3. The molecule has 0 spiro atoms. The SMILES string of the molecule is C=C1C(=O)SC(=O)N1c1cccc2c1ccn2CCC(=O)OC. The Bertz CT molecular complexity index is 840. The number of ether oxygens (including phenoxy) is 1. The molecule has 7 heteroatoms. The number of anilines is 1. The predicted octanol–water partition coefficient (Wildman–Crippen LogP) is 2.92. The van der Waals surface area contributed by atoms with E-state index in [1.807, 2.05) is 22.9 Å². The molecule has 2 aromatic rings. The topological polar surface area (TPSA) is 68.6 Å². The number of carbonyl (C=O) groups is 3. The third-order valence-electron chi connectivity index (χ3n) is 3.68. The summed E-state index contributed by atoms with van der Waals surface area (Å²) >= 11 is 0.645. The zero-order valence-electron chi connectivity index (χ0n) is 12.4. The fourth-order valence-electron chi connectivity index (χ4n) is 2.54. The smallest absolute Gasteiger partial charge is 0.307 e. The number of nitrogens with zero attached hydrogens (tertiary/aromatic N) is 2. The first-order valence-electron chi connectivity index (χ1n) is 6.92. The molecule has 1 aliphatic heterocycles. The third kappa shape index (κ3) is 2.63. The molecule has 23 heavy (non-hydrogen) atoms. The second kappa shape index (κ2) is 5.92. The fourth-order valence-corrected chi connectivity index (χ4v) is 3.21. The Morgan fingerprint density at radius 3 is 2.74 bits per heavy atom. The second-order valence-electron chi connectivity index (χ2n) is 4.98. The molecular weight excluding hydrogens is 316 g/mol. The summed E-state index contributed by atoms with van der Waals surface area (Å²) in [5.74, 6) is -0.284. The van der Waals surface area contributed by atoms with Crippen molar-refractivity contribution in [2.45, 2.75) is 13.0 Å². The molecular formula is C16H14N2O4S. The molecule has 6 nitrogen and oxygen atoms in total. The fraction of sp³-hybridized carbons (Fsp3) is 0.188. The van der Waals surface area contributed by atoms with Gasteiger partial charge in [0.25, 0.3) is 5.24 Å². The summed E-state index contributed by atoms with van der Waals surface area (Å²) < 4.78 is 6.56. The second-order valence-corrected chi connectivity index (χ2v) is 5.91. The number of thioether (sulfide) groups is 1.